The molecule has 0 saturated carbocycles. The lowest BCUT2D eigenvalue weighted by Gasteiger charge is -2.08. The maximum atomic E-state index is 13.3. The first-order valence-electron chi connectivity index (χ1n) is 4.69. The van der Waals surface area contributed by atoms with E-state index in [4.69, 9.17) is 11.2 Å². The molecular formula is C12H14FNO. The van der Waals surface area contributed by atoms with Crippen molar-refractivity contribution in [1.82, 2.24) is 5.32 Å². The number of hydrogen-bond acceptors (Lipinski definition) is 2. The number of benzene rings is 1. The minimum Gasteiger partial charge on any atom is -0.494 e. The van der Waals surface area contributed by atoms with Gasteiger partial charge in [0.05, 0.1) is 13.2 Å². The molecule has 1 aromatic carbocycles. The summed E-state index contributed by atoms with van der Waals surface area (Å²) in [4.78, 5) is 0. The van der Waals surface area contributed by atoms with Gasteiger partial charge in [-0.25, -0.2) is 4.39 Å². The minimum absolute atomic E-state index is 0.0184. The zero-order chi connectivity index (χ0) is 11.3. The molecule has 0 aliphatic rings. The number of hydrogen-bond donors (Lipinski definition) is 1. The van der Waals surface area contributed by atoms with E-state index in [2.05, 4.69) is 11.2 Å². The third-order valence-electron chi connectivity index (χ3n) is 2.08. The Morgan fingerprint density at radius 3 is 2.87 bits per heavy atom. The molecular weight excluding hydrogens is 193 g/mol. The molecule has 0 spiro atoms. The third-order valence-corrected chi connectivity index (χ3v) is 2.08. The van der Waals surface area contributed by atoms with Crippen LogP contribution in [0.25, 0.3) is 0 Å². The molecule has 0 aliphatic carbocycles. The van der Waals surface area contributed by atoms with Gasteiger partial charge in [-0.15, -0.1) is 6.42 Å². The standard InChI is InChI=1S/C12H14FNO/c1-4-9(2)14-8-10-5-6-12(15-3)11(13)7-10/h1,5-7,9,14H,8H2,2-3H3. The van der Waals surface area contributed by atoms with E-state index in [-0.39, 0.29) is 17.6 Å². The predicted molar refractivity (Wildman–Crippen MR) is 58.1 cm³/mol. The van der Waals surface area contributed by atoms with E-state index in [0.29, 0.717) is 6.54 Å². The van der Waals surface area contributed by atoms with Gasteiger partial charge in [0.15, 0.2) is 11.6 Å². The van der Waals surface area contributed by atoms with Crippen molar-refractivity contribution in [3.63, 3.8) is 0 Å². The molecule has 1 atom stereocenters. The number of terminal acetylenes is 1. The SMILES string of the molecule is C#CC(C)NCc1ccc(OC)c(F)c1. The third kappa shape index (κ3) is 3.26. The second-order valence-electron chi connectivity index (χ2n) is 3.24. The molecule has 2 nitrogen and oxygen atoms in total. The highest BCUT2D eigenvalue weighted by atomic mass is 19.1. The summed E-state index contributed by atoms with van der Waals surface area (Å²) >= 11 is 0. The fraction of sp³-hybridized carbons (Fsp3) is 0.333. The van der Waals surface area contributed by atoms with Crippen LogP contribution < -0.4 is 10.1 Å². The molecule has 15 heavy (non-hydrogen) atoms. The molecule has 0 aromatic heterocycles. The van der Waals surface area contributed by atoms with Gasteiger partial charge in [-0.05, 0) is 24.6 Å². The quantitative estimate of drug-likeness (QED) is 0.762. The monoisotopic (exact) mass is 207 g/mol. The zero-order valence-electron chi connectivity index (χ0n) is 8.88. The summed E-state index contributed by atoms with van der Waals surface area (Å²) in [5, 5.41) is 3.07. The minimum atomic E-state index is -0.356. The van der Waals surface area contributed by atoms with Crippen LogP contribution in [0.3, 0.4) is 0 Å². The number of rotatable bonds is 4. The highest BCUT2D eigenvalue weighted by Gasteiger charge is 2.03. The Balaban J connectivity index is 2.64. The number of methoxy groups -OCH3 is 1. The van der Waals surface area contributed by atoms with Gasteiger partial charge in [-0.2, -0.15) is 0 Å². The van der Waals surface area contributed by atoms with E-state index < -0.39 is 0 Å². The molecule has 1 N–H and O–H groups in total. The van der Waals surface area contributed by atoms with Crippen LogP contribution in [0.1, 0.15) is 12.5 Å². The summed E-state index contributed by atoms with van der Waals surface area (Å²) in [7, 11) is 1.44. The van der Waals surface area contributed by atoms with Crippen LogP contribution in [-0.4, -0.2) is 13.2 Å². The van der Waals surface area contributed by atoms with Crippen molar-refractivity contribution < 1.29 is 9.13 Å². The number of nitrogens with one attached hydrogen (secondary N) is 1. The molecule has 1 unspecified atom stereocenters. The first-order valence-corrected chi connectivity index (χ1v) is 4.69. The average Bonchev–Trinajstić information content (AvgIpc) is 2.26. The fourth-order valence-electron chi connectivity index (χ4n) is 1.15. The second kappa shape index (κ2) is 5.38. The summed E-state index contributed by atoms with van der Waals surface area (Å²) in [5.41, 5.74) is 0.843. The van der Waals surface area contributed by atoms with Crippen molar-refractivity contribution >= 4 is 0 Å². The van der Waals surface area contributed by atoms with Crippen LogP contribution in [0.4, 0.5) is 4.39 Å². The Morgan fingerprint density at radius 1 is 1.60 bits per heavy atom. The molecule has 0 heterocycles. The van der Waals surface area contributed by atoms with Crippen molar-refractivity contribution in [1.29, 1.82) is 0 Å². The summed E-state index contributed by atoms with van der Waals surface area (Å²) < 4.78 is 18.1. The van der Waals surface area contributed by atoms with Crippen molar-refractivity contribution in [2.45, 2.75) is 19.5 Å². The Hall–Kier alpha value is -1.53. The molecule has 0 bridgehead atoms. The van der Waals surface area contributed by atoms with Gasteiger partial charge in [-0.3, -0.25) is 5.32 Å². The zero-order valence-corrected chi connectivity index (χ0v) is 8.88. The van der Waals surface area contributed by atoms with Crippen molar-refractivity contribution in [3.05, 3.63) is 29.6 Å². The fourth-order valence-corrected chi connectivity index (χ4v) is 1.15. The molecule has 0 amide bonds. The maximum absolute atomic E-state index is 13.3. The first-order chi connectivity index (χ1) is 7.17. The molecule has 0 radical (unpaired) electrons. The van der Waals surface area contributed by atoms with Crippen LogP contribution in [0, 0.1) is 18.2 Å². The van der Waals surface area contributed by atoms with Gasteiger partial charge in [0.2, 0.25) is 0 Å². The van der Waals surface area contributed by atoms with Crippen molar-refractivity contribution in [2.75, 3.05) is 7.11 Å². The van der Waals surface area contributed by atoms with Crippen LogP contribution in [0.2, 0.25) is 0 Å². The predicted octanol–water partition coefficient (Wildman–Crippen LogP) is 1.95. The maximum Gasteiger partial charge on any atom is 0.165 e. The lowest BCUT2D eigenvalue weighted by molar-refractivity contribution is 0.386. The molecule has 1 aromatic rings. The normalized spacial score (nSPS) is 11.9. The van der Waals surface area contributed by atoms with E-state index in [1.54, 1.807) is 12.1 Å². The van der Waals surface area contributed by atoms with Gasteiger partial charge in [0.25, 0.3) is 0 Å². The van der Waals surface area contributed by atoms with Gasteiger partial charge in [0.1, 0.15) is 0 Å². The molecule has 1 rings (SSSR count). The summed E-state index contributed by atoms with van der Waals surface area (Å²) in [5.74, 6) is 2.44. The van der Waals surface area contributed by atoms with E-state index in [1.165, 1.54) is 13.2 Å². The van der Waals surface area contributed by atoms with Gasteiger partial charge in [-0.1, -0.05) is 12.0 Å². The van der Waals surface area contributed by atoms with Crippen LogP contribution in [0.15, 0.2) is 18.2 Å². The van der Waals surface area contributed by atoms with Gasteiger partial charge >= 0.3 is 0 Å². The summed E-state index contributed by atoms with van der Waals surface area (Å²) in [6.45, 7) is 2.42. The smallest absolute Gasteiger partial charge is 0.165 e. The average molecular weight is 207 g/mol. The van der Waals surface area contributed by atoms with Crippen LogP contribution in [-0.2, 0) is 6.54 Å². The lowest BCUT2D eigenvalue weighted by atomic mass is 10.2. The first kappa shape index (κ1) is 11.5. The van der Waals surface area contributed by atoms with Crippen molar-refractivity contribution in [3.8, 4) is 18.1 Å². The second-order valence-corrected chi connectivity index (χ2v) is 3.24. The molecule has 80 valence electrons. The highest BCUT2D eigenvalue weighted by molar-refractivity contribution is 5.29. The molecule has 0 aliphatic heterocycles. The number of ether oxygens (including phenoxy) is 1. The lowest BCUT2D eigenvalue weighted by Crippen LogP contribution is -2.23. The van der Waals surface area contributed by atoms with E-state index in [0.717, 1.165) is 5.56 Å². The van der Waals surface area contributed by atoms with E-state index in [9.17, 15) is 4.39 Å². The molecule has 0 saturated heterocycles. The summed E-state index contributed by atoms with van der Waals surface area (Å²) in [6, 6.07) is 4.83. The summed E-state index contributed by atoms with van der Waals surface area (Å²) in [6.07, 6.45) is 5.21. The van der Waals surface area contributed by atoms with Crippen LogP contribution >= 0.6 is 0 Å². The number of halogens is 1. The van der Waals surface area contributed by atoms with E-state index >= 15 is 0 Å². The Morgan fingerprint density at radius 2 is 2.33 bits per heavy atom. The van der Waals surface area contributed by atoms with Crippen molar-refractivity contribution in [2.24, 2.45) is 0 Å². The highest BCUT2D eigenvalue weighted by Crippen LogP contribution is 2.17. The van der Waals surface area contributed by atoms with Crippen LogP contribution in [0.5, 0.6) is 5.75 Å². The van der Waals surface area contributed by atoms with Gasteiger partial charge in [0, 0.05) is 6.54 Å². The Bertz CT molecular complexity index is 370. The largest absolute Gasteiger partial charge is 0.494 e. The van der Waals surface area contributed by atoms with E-state index in [1.807, 2.05) is 6.92 Å². The molecule has 0 fully saturated rings. The van der Waals surface area contributed by atoms with Gasteiger partial charge < -0.3 is 4.74 Å². The Kier molecular flexibility index (Phi) is 4.14. The topological polar surface area (TPSA) is 21.3 Å². The molecule has 3 heteroatoms. The Labute approximate surface area is 89.4 Å².